The summed E-state index contributed by atoms with van der Waals surface area (Å²) in [6.07, 6.45) is 0. The Labute approximate surface area is 231 Å². The van der Waals surface area contributed by atoms with E-state index < -0.39 is 6.04 Å². The van der Waals surface area contributed by atoms with E-state index in [1.165, 1.54) is 0 Å². The molecule has 0 fully saturated rings. The molecule has 10 heteroatoms. The van der Waals surface area contributed by atoms with Gasteiger partial charge in [-0.3, -0.25) is 4.79 Å². The van der Waals surface area contributed by atoms with E-state index in [1.54, 1.807) is 37.1 Å². The highest BCUT2D eigenvalue weighted by Crippen LogP contribution is 2.40. The second kappa shape index (κ2) is 11.1. The highest BCUT2D eigenvalue weighted by Gasteiger charge is 2.35. The topological polar surface area (TPSA) is 99.5 Å². The SMILES string of the molecule is CCOc1ccc(C2C(C(=O)Nc3ccccc3OC)=C(C)Nc3nc(-c4ccccc4Cl)nn32)cc1OC. The lowest BCUT2D eigenvalue weighted by atomic mass is 9.94. The molecule has 4 aromatic rings. The number of anilines is 2. The Balaban J connectivity index is 1.64. The maximum Gasteiger partial charge on any atom is 0.255 e. The number of fused-ring (bicyclic) bond motifs is 1. The van der Waals surface area contributed by atoms with Crippen LogP contribution in [0.3, 0.4) is 0 Å². The summed E-state index contributed by atoms with van der Waals surface area (Å²) in [5.74, 6) is 2.30. The Bertz CT molecular complexity index is 1570. The van der Waals surface area contributed by atoms with E-state index in [0.717, 1.165) is 5.56 Å². The van der Waals surface area contributed by atoms with E-state index in [0.29, 0.717) is 63.2 Å². The van der Waals surface area contributed by atoms with Crippen LogP contribution in [0.1, 0.15) is 25.5 Å². The lowest BCUT2D eigenvalue weighted by molar-refractivity contribution is -0.113. The number of aromatic nitrogens is 3. The normalized spacial score (nSPS) is 14.3. The highest BCUT2D eigenvalue weighted by molar-refractivity contribution is 6.33. The smallest absolute Gasteiger partial charge is 0.255 e. The summed E-state index contributed by atoms with van der Waals surface area (Å²) in [5.41, 5.74) is 3.08. The van der Waals surface area contributed by atoms with Gasteiger partial charge in [0, 0.05) is 11.3 Å². The fraction of sp³-hybridized carbons (Fsp3) is 0.207. The molecule has 2 heterocycles. The molecule has 3 aromatic carbocycles. The van der Waals surface area contributed by atoms with Crippen molar-refractivity contribution in [1.82, 2.24) is 14.8 Å². The maximum absolute atomic E-state index is 13.9. The Kier molecular flexibility index (Phi) is 7.42. The van der Waals surface area contributed by atoms with E-state index in [4.69, 9.17) is 35.9 Å². The second-order valence-corrected chi connectivity index (χ2v) is 9.15. The Hall–Kier alpha value is -4.50. The summed E-state index contributed by atoms with van der Waals surface area (Å²) < 4.78 is 18.5. The number of halogens is 1. The summed E-state index contributed by atoms with van der Waals surface area (Å²) in [5, 5.41) is 11.6. The van der Waals surface area contributed by atoms with Gasteiger partial charge in [-0.25, -0.2) is 4.68 Å². The van der Waals surface area contributed by atoms with Crippen LogP contribution in [-0.4, -0.2) is 41.5 Å². The van der Waals surface area contributed by atoms with Crippen molar-refractivity contribution in [3.05, 3.63) is 88.6 Å². The summed E-state index contributed by atoms with van der Waals surface area (Å²) in [6, 6.07) is 19.6. The number of carbonyl (C=O) groups excluding carboxylic acids is 1. The zero-order valence-electron chi connectivity index (χ0n) is 22.0. The van der Waals surface area contributed by atoms with Gasteiger partial charge in [-0.1, -0.05) is 41.9 Å². The average molecular weight is 546 g/mol. The summed E-state index contributed by atoms with van der Waals surface area (Å²) in [7, 11) is 3.14. The maximum atomic E-state index is 13.9. The van der Waals surface area contributed by atoms with Gasteiger partial charge in [-0.15, -0.1) is 5.10 Å². The molecular formula is C29H28ClN5O4. The molecule has 0 saturated carbocycles. The number of allylic oxidation sites excluding steroid dienone is 1. The molecule has 0 bridgehead atoms. The van der Waals surface area contributed by atoms with Crippen molar-refractivity contribution < 1.29 is 19.0 Å². The number of para-hydroxylation sites is 2. The second-order valence-electron chi connectivity index (χ2n) is 8.75. The number of amides is 1. The van der Waals surface area contributed by atoms with Crippen LogP contribution in [0.5, 0.6) is 17.2 Å². The van der Waals surface area contributed by atoms with Gasteiger partial charge in [-0.2, -0.15) is 4.98 Å². The minimum absolute atomic E-state index is 0.317. The van der Waals surface area contributed by atoms with Crippen LogP contribution < -0.4 is 24.8 Å². The Morgan fingerprint density at radius 2 is 1.77 bits per heavy atom. The predicted molar refractivity (Wildman–Crippen MR) is 151 cm³/mol. The minimum Gasteiger partial charge on any atom is -0.495 e. The van der Waals surface area contributed by atoms with Crippen LogP contribution in [0.25, 0.3) is 11.4 Å². The first-order valence-electron chi connectivity index (χ1n) is 12.4. The predicted octanol–water partition coefficient (Wildman–Crippen LogP) is 5.94. The molecule has 200 valence electrons. The van der Waals surface area contributed by atoms with Crippen molar-refractivity contribution in [2.45, 2.75) is 19.9 Å². The van der Waals surface area contributed by atoms with Crippen LogP contribution in [0.15, 0.2) is 78.0 Å². The number of rotatable bonds is 8. The molecule has 5 rings (SSSR count). The number of benzene rings is 3. The van der Waals surface area contributed by atoms with Crippen LogP contribution in [0.2, 0.25) is 5.02 Å². The molecule has 0 radical (unpaired) electrons. The third kappa shape index (κ3) is 5.00. The molecule has 0 saturated heterocycles. The molecule has 1 aliphatic rings. The van der Waals surface area contributed by atoms with Gasteiger partial charge in [0.15, 0.2) is 17.3 Å². The van der Waals surface area contributed by atoms with E-state index >= 15 is 0 Å². The lowest BCUT2D eigenvalue weighted by Gasteiger charge is -2.29. The first-order chi connectivity index (χ1) is 18.9. The van der Waals surface area contributed by atoms with Crippen molar-refractivity contribution in [1.29, 1.82) is 0 Å². The fourth-order valence-electron chi connectivity index (χ4n) is 4.58. The van der Waals surface area contributed by atoms with Crippen LogP contribution in [0, 0.1) is 0 Å². The zero-order chi connectivity index (χ0) is 27.5. The minimum atomic E-state index is -0.635. The third-order valence-electron chi connectivity index (χ3n) is 6.37. The summed E-state index contributed by atoms with van der Waals surface area (Å²) in [4.78, 5) is 18.6. The van der Waals surface area contributed by atoms with Gasteiger partial charge in [0.2, 0.25) is 5.95 Å². The Morgan fingerprint density at radius 3 is 2.51 bits per heavy atom. The molecule has 0 aliphatic carbocycles. The molecule has 39 heavy (non-hydrogen) atoms. The molecule has 1 atom stereocenters. The summed E-state index contributed by atoms with van der Waals surface area (Å²) >= 11 is 6.46. The van der Waals surface area contributed by atoms with E-state index in [2.05, 4.69) is 10.6 Å². The molecular weight excluding hydrogens is 518 g/mol. The van der Waals surface area contributed by atoms with Gasteiger partial charge in [0.25, 0.3) is 5.91 Å². The Morgan fingerprint density at radius 1 is 1.03 bits per heavy atom. The first kappa shape index (κ1) is 26.1. The van der Waals surface area contributed by atoms with Gasteiger partial charge in [0.05, 0.1) is 37.1 Å². The van der Waals surface area contributed by atoms with Gasteiger partial charge in [-0.05, 0) is 55.8 Å². The summed E-state index contributed by atoms with van der Waals surface area (Å²) in [6.45, 7) is 4.23. The van der Waals surface area contributed by atoms with Crippen molar-refractivity contribution >= 4 is 29.1 Å². The van der Waals surface area contributed by atoms with Crippen molar-refractivity contribution in [3.63, 3.8) is 0 Å². The first-order valence-corrected chi connectivity index (χ1v) is 12.8. The number of ether oxygens (including phenoxy) is 3. The number of methoxy groups -OCH3 is 2. The number of hydrogen-bond acceptors (Lipinski definition) is 7. The highest BCUT2D eigenvalue weighted by atomic mass is 35.5. The number of nitrogens with zero attached hydrogens (tertiary/aromatic N) is 3. The monoisotopic (exact) mass is 545 g/mol. The fourth-order valence-corrected chi connectivity index (χ4v) is 4.80. The van der Waals surface area contributed by atoms with Crippen molar-refractivity contribution in [3.8, 4) is 28.6 Å². The van der Waals surface area contributed by atoms with Crippen LogP contribution in [0.4, 0.5) is 11.6 Å². The molecule has 1 aliphatic heterocycles. The van der Waals surface area contributed by atoms with Crippen molar-refractivity contribution in [2.24, 2.45) is 0 Å². The number of hydrogen-bond donors (Lipinski definition) is 2. The van der Waals surface area contributed by atoms with Crippen molar-refractivity contribution in [2.75, 3.05) is 31.5 Å². The van der Waals surface area contributed by atoms with E-state index in [1.807, 2.05) is 62.4 Å². The molecule has 0 spiro atoms. The largest absolute Gasteiger partial charge is 0.495 e. The molecule has 1 amide bonds. The van der Waals surface area contributed by atoms with Gasteiger partial charge in [0.1, 0.15) is 11.8 Å². The molecule has 9 nitrogen and oxygen atoms in total. The quantitative estimate of drug-likeness (QED) is 0.282. The molecule has 2 N–H and O–H groups in total. The zero-order valence-corrected chi connectivity index (χ0v) is 22.7. The van der Waals surface area contributed by atoms with Gasteiger partial charge >= 0.3 is 0 Å². The lowest BCUT2D eigenvalue weighted by Crippen LogP contribution is -2.31. The van der Waals surface area contributed by atoms with Crippen LogP contribution >= 0.6 is 11.6 Å². The van der Waals surface area contributed by atoms with Gasteiger partial charge < -0.3 is 24.8 Å². The molecule has 1 aromatic heterocycles. The third-order valence-corrected chi connectivity index (χ3v) is 6.70. The number of carbonyl (C=O) groups is 1. The van der Waals surface area contributed by atoms with Crippen LogP contribution in [-0.2, 0) is 4.79 Å². The van der Waals surface area contributed by atoms with E-state index in [-0.39, 0.29) is 5.91 Å². The standard InChI is InChI=1S/C29H28ClN5O4/c1-5-39-23-15-14-18(16-24(23)38-4)26-25(28(36)32-21-12-8-9-13-22(21)37-3)17(2)31-29-33-27(34-35(26)29)19-10-6-7-11-20(19)30/h6-16,26H,5H2,1-4H3,(H,32,36)(H,31,33,34). The van der Waals surface area contributed by atoms with E-state index in [9.17, 15) is 4.79 Å². The number of nitrogens with one attached hydrogen (secondary N) is 2. The average Bonchev–Trinajstić information content (AvgIpc) is 3.36. The molecule has 1 unspecified atom stereocenters.